The van der Waals surface area contributed by atoms with Gasteiger partial charge in [-0.1, -0.05) is 13.0 Å². The zero-order valence-electron chi connectivity index (χ0n) is 12.0. The van der Waals surface area contributed by atoms with Gasteiger partial charge in [0.2, 0.25) is 0 Å². The first-order valence-corrected chi connectivity index (χ1v) is 7.13. The second kappa shape index (κ2) is 5.39. The van der Waals surface area contributed by atoms with Crippen LogP contribution in [-0.2, 0) is 6.42 Å². The van der Waals surface area contributed by atoms with Crippen LogP contribution in [0, 0.1) is 18.6 Å². The fourth-order valence-electron chi connectivity index (χ4n) is 2.61. The van der Waals surface area contributed by atoms with Gasteiger partial charge in [-0.05, 0) is 31.9 Å². The Labute approximate surface area is 122 Å². The van der Waals surface area contributed by atoms with Crippen LogP contribution in [0.1, 0.15) is 36.3 Å². The summed E-state index contributed by atoms with van der Waals surface area (Å²) in [6.07, 6.45) is 1.54. The van der Waals surface area contributed by atoms with E-state index in [4.69, 9.17) is 0 Å². The van der Waals surface area contributed by atoms with E-state index in [1.807, 2.05) is 19.9 Å². The number of benzene rings is 1. The molecule has 1 heterocycles. The Morgan fingerprint density at radius 3 is 2.62 bits per heavy atom. The monoisotopic (exact) mass is 289 g/mol. The highest BCUT2D eigenvalue weighted by Gasteiger charge is 2.42. The van der Waals surface area contributed by atoms with E-state index in [2.05, 4.69) is 15.3 Å². The molecule has 2 aromatic rings. The molecular formula is C16H17F2N3. The SMILES string of the molecule is CCc1cc(NC2CC2c2c(F)cccc2F)nc(C)n1. The average Bonchev–Trinajstić information content (AvgIpc) is 3.16. The van der Waals surface area contributed by atoms with Crippen molar-refractivity contribution in [1.82, 2.24) is 9.97 Å². The second-order valence-electron chi connectivity index (χ2n) is 5.37. The third-order valence-electron chi connectivity index (χ3n) is 3.75. The van der Waals surface area contributed by atoms with Crippen LogP contribution in [0.4, 0.5) is 14.6 Å². The highest BCUT2D eigenvalue weighted by Crippen LogP contribution is 2.44. The van der Waals surface area contributed by atoms with Gasteiger partial charge in [-0.3, -0.25) is 0 Å². The van der Waals surface area contributed by atoms with E-state index in [0.717, 1.165) is 17.9 Å². The number of hydrogen-bond donors (Lipinski definition) is 1. The van der Waals surface area contributed by atoms with Gasteiger partial charge in [0.1, 0.15) is 23.3 Å². The normalized spacial score (nSPS) is 20.4. The smallest absolute Gasteiger partial charge is 0.130 e. The van der Waals surface area contributed by atoms with Crippen molar-refractivity contribution in [2.45, 2.75) is 38.6 Å². The van der Waals surface area contributed by atoms with Crippen molar-refractivity contribution in [3.63, 3.8) is 0 Å². The lowest BCUT2D eigenvalue weighted by Crippen LogP contribution is -2.09. The van der Waals surface area contributed by atoms with Gasteiger partial charge in [-0.25, -0.2) is 18.7 Å². The van der Waals surface area contributed by atoms with E-state index in [1.165, 1.54) is 18.2 Å². The molecular weight excluding hydrogens is 272 g/mol. The topological polar surface area (TPSA) is 37.8 Å². The van der Waals surface area contributed by atoms with Crippen molar-refractivity contribution in [2.75, 3.05) is 5.32 Å². The number of halogens is 2. The summed E-state index contributed by atoms with van der Waals surface area (Å²) in [4.78, 5) is 8.64. The first kappa shape index (κ1) is 13.9. The number of nitrogens with one attached hydrogen (secondary N) is 1. The van der Waals surface area contributed by atoms with Gasteiger partial charge in [-0.2, -0.15) is 0 Å². The largest absolute Gasteiger partial charge is 0.367 e. The van der Waals surface area contributed by atoms with Crippen LogP contribution in [0.3, 0.4) is 0 Å². The molecule has 0 spiro atoms. The van der Waals surface area contributed by atoms with E-state index < -0.39 is 11.6 Å². The Morgan fingerprint density at radius 2 is 1.95 bits per heavy atom. The predicted octanol–water partition coefficient (Wildman–Crippen LogP) is 3.59. The molecule has 2 unspecified atom stereocenters. The Bertz CT molecular complexity index is 652. The highest BCUT2D eigenvalue weighted by molar-refractivity contribution is 5.43. The molecule has 0 aliphatic heterocycles. The number of aromatic nitrogens is 2. The first-order chi connectivity index (χ1) is 10.1. The maximum atomic E-state index is 13.7. The molecule has 5 heteroatoms. The predicted molar refractivity (Wildman–Crippen MR) is 77.3 cm³/mol. The number of hydrogen-bond acceptors (Lipinski definition) is 3. The highest BCUT2D eigenvalue weighted by atomic mass is 19.1. The first-order valence-electron chi connectivity index (χ1n) is 7.13. The lowest BCUT2D eigenvalue weighted by Gasteiger charge is -2.08. The van der Waals surface area contributed by atoms with Gasteiger partial charge in [0.25, 0.3) is 0 Å². The molecule has 0 bridgehead atoms. The quantitative estimate of drug-likeness (QED) is 0.934. The molecule has 3 nitrogen and oxygen atoms in total. The molecule has 0 saturated heterocycles. The molecule has 110 valence electrons. The van der Waals surface area contributed by atoms with E-state index in [9.17, 15) is 8.78 Å². The molecule has 1 aliphatic carbocycles. The number of rotatable bonds is 4. The van der Waals surface area contributed by atoms with Gasteiger partial charge >= 0.3 is 0 Å². The van der Waals surface area contributed by atoms with Crippen molar-refractivity contribution in [3.8, 4) is 0 Å². The van der Waals surface area contributed by atoms with Crippen LogP contribution in [-0.4, -0.2) is 16.0 Å². The van der Waals surface area contributed by atoms with Gasteiger partial charge in [0, 0.05) is 29.3 Å². The summed E-state index contributed by atoms with van der Waals surface area (Å²) in [5, 5.41) is 3.25. The van der Waals surface area contributed by atoms with Crippen molar-refractivity contribution < 1.29 is 8.78 Å². The summed E-state index contributed by atoms with van der Waals surface area (Å²) in [6.45, 7) is 3.87. The van der Waals surface area contributed by atoms with Gasteiger partial charge < -0.3 is 5.32 Å². The minimum atomic E-state index is -0.475. The van der Waals surface area contributed by atoms with Gasteiger partial charge in [-0.15, -0.1) is 0 Å². The van der Waals surface area contributed by atoms with Crippen molar-refractivity contribution >= 4 is 5.82 Å². The van der Waals surface area contributed by atoms with E-state index >= 15 is 0 Å². The second-order valence-corrected chi connectivity index (χ2v) is 5.37. The molecule has 0 amide bonds. The number of anilines is 1. The Balaban J connectivity index is 1.76. The zero-order valence-corrected chi connectivity index (χ0v) is 12.0. The number of aryl methyl sites for hydroxylation is 2. The third kappa shape index (κ3) is 2.86. The van der Waals surface area contributed by atoms with E-state index in [1.54, 1.807) is 0 Å². The zero-order chi connectivity index (χ0) is 15.0. The fourth-order valence-corrected chi connectivity index (χ4v) is 2.61. The summed E-state index contributed by atoms with van der Waals surface area (Å²) in [5.41, 5.74) is 1.13. The van der Waals surface area contributed by atoms with E-state index in [0.29, 0.717) is 12.2 Å². The molecule has 1 aromatic carbocycles. The van der Waals surface area contributed by atoms with Crippen molar-refractivity contribution in [3.05, 3.63) is 53.0 Å². The summed E-state index contributed by atoms with van der Waals surface area (Å²) < 4.78 is 27.5. The standard InChI is InChI=1S/C16H17F2N3/c1-3-10-7-15(20-9(2)19-10)21-14-8-11(14)16-12(17)5-4-6-13(16)18/h4-7,11,14H,3,8H2,1-2H3,(H,19,20,21). The third-order valence-corrected chi connectivity index (χ3v) is 3.75. The van der Waals surface area contributed by atoms with Crippen LogP contribution in [0.5, 0.6) is 0 Å². The Morgan fingerprint density at radius 1 is 1.24 bits per heavy atom. The average molecular weight is 289 g/mol. The maximum Gasteiger partial charge on any atom is 0.130 e. The number of nitrogens with zero attached hydrogens (tertiary/aromatic N) is 2. The molecule has 3 rings (SSSR count). The lowest BCUT2D eigenvalue weighted by molar-refractivity contribution is 0.556. The Kier molecular flexibility index (Phi) is 3.57. The minimum absolute atomic E-state index is 0.0235. The van der Waals surface area contributed by atoms with Crippen LogP contribution in [0.15, 0.2) is 24.3 Å². The van der Waals surface area contributed by atoms with Crippen LogP contribution < -0.4 is 5.32 Å². The van der Waals surface area contributed by atoms with Crippen LogP contribution in [0.2, 0.25) is 0 Å². The minimum Gasteiger partial charge on any atom is -0.367 e. The molecule has 2 atom stereocenters. The summed E-state index contributed by atoms with van der Waals surface area (Å²) in [7, 11) is 0. The molecule has 1 saturated carbocycles. The maximum absolute atomic E-state index is 13.7. The molecule has 1 aromatic heterocycles. The summed E-state index contributed by atoms with van der Waals surface area (Å²) in [6, 6.07) is 5.91. The molecule has 1 aliphatic rings. The lowest BCUT2D eigenvalue weighted by atomic mass is 10.1. The molecule has 1 fully saturated rings. The Hall–Kier alpha value is -2.04. The van der Waals surface area contributed by atoms with E-state index in [-0.39, 0.29) is 17.5 Å². The van der Waals surface area contributed by atoms with Gasteiger partial charge in [0.05, 0.1) is 0 Å². The van der Waals surface area contributed by atoms with Crippen LogP contribution >= 0.6 is 0 Å². The summed E-state index contributed by atoms with van der Waals surface area (Å²) >= 11 is 0. The van der Waals surface area contributed by atoms with Crippen molar-refractivity contribution in [2.24, 2.45) is 0 Å². The van der Waals surface area contributed by atoms with Crippen molar-refractivity contribution in [1.29, 1.82) is 0 Å². The molecule has 21 heavy (non-hydrogen) atoms. The van der Waals surface area contributed by atoms with Gasteiger partial charge in [0.15, 0.2) is 0 Å². The molecule has 0 radical (unpaired) electrons. The fraction of sp³-hybridized carbons (Fsp3) is 0.375. The summed E-state index contributed by atoms with van der Waals surface area (Å²) in [5.74, 6) is 0.344. The molecule has 1 N–H and O–H groups in total. The van der Waals surface area contributed by atoms with Crippen LogP contribution in [0.25, 0.3) is 0 Å².